The zero-order valence-electron chi connectivity index (χ0n) is 10.6. The van der Waals surface area contributed by atoms with Crippen molar-refractivity contribution in [3.63, 3.8) is 0 Å². The lowest BCUT2D eigenvalue weighted by Gasteiger charge is -2.06. The molecule has 20 heavy (non-hydrogen) atoms. The second kappa shape index (κ2) is 5.05. The first kappa shape index (κ1) is 12.8. The Morgan fingerprint density at radius 2 is 2.00 bits per heavy atom. The van der Waals surface area contributed by atoms with Crippen molar-refractivity contribution in [3.8, 4) is 0 Å². The molecule has 0 aliphatic carbocycles. The predicted octanol–water partition coefficient (Wildman–Crippen LogP) is 2.77. The number of hydrogen-bond acceptors (Lipinski definition) is 4. The van der Waals surface area contributed by atoms with Gasteiger partial charge in [0, 0.05) is 18.6 Å². The van der Waals surface area contributed by atoms with E-state index in [9.17, 15) is 4.39 Å². The largest absolute Gasteiger partial charge is 0.364 e. The maximum absolute atomic E-state index is 13.4. The molecule has 102 valence electrons. The van der Waals surface area contributed by atoms with Crippen molar-refractivity contribution in [2.75, 3.05) is 5.32 Å². The Balaban J connectivity index is 1.89. The van der Waals surface area contributed by atoms with Gasteiger partial charge < -0.3 is 9.88 Å². The molecule has 0 saturated heterocycles. The topological polar surface area (TPSA) is 55.6 Å². The summed E-state index contributed by atoms with van der Waals surface area (Å²) >= 11 is 5.83. The minimum Gasteiger partial charge on any atom is -0.364 e. The molecule has 0 amide bonds. The highest BCUT2D eigenvalue weighted by molar-refractivity contribution is 6.30. The molecule has 0 atom stereocenters. The summed E-state index contributed by atoms with van der Waals surface area (Å²) in [5.74, 6) is 0.378. The maximum Gasteiger partial charge on any atom is 0.312 e. The Labute approximate surface area is 119 Å². The summed E-state index contributed by atoms with van der Waals surface area (Å²) in [6, 6.07) is 7.38. The number of anilines is 1. The number of benzene rings is 1. The number of fused-ring (bicyclic) bond motifs is 1. The van der Waals surface area contributed by atoms with Gasteiger partial charge in [0.1, 0.15) is 0 Å². The van der Waals surface area contributed by atoms with Crippen LogP contribution in [0.3, 0.4) is 0 Å². The van der Waals surface area contributed by atoms with Gasteiger partial charge in [-0.15, -0.1) is 0 Å². The minimum atomic E-state index is -0.778. The van der Waals surface area contributed by atoms with Crippen molar-refractivity contribution in [2.24, 2.45) is 7.05 Å². The van der Waals surface area contributed by atoms with Crippen molar-refractivity contribution < 1.29 is 4.39 Å². The first-order valence-electron chi connectivity index (χ1n) is 5.96. The molecule has 2 aromatic heterocycles. The molecular formula is C13H11ClFN5. The lowest BCUT2D eigenvalue weighted by molar-refractivity contribution is 0.543. The van der Waals surface area contributed by atoms with E-state index in [-0.39, 0.29) is 0 Å². The summed E-state index contributed by atoms with van der Waals surface area (Å²) in [6.07, 6.45) is 0.798. The summed E-state index contributed by atoms with van der Waals surface area (Å²) in [4.78, 5) is 11.7. The maximum atomic E-state index is 13.4. The van der Waals surface area contributed by atoms with Crippen LogP contribution in [-0.2, 0) is 13.6 Å². The van der Waals surface area contributed by atoms with Gasteiger partial charge in [0.05, 0.1) is 6.33 Å². The second-order valence-electron chi connectivity index (χ2n) is 4.35. The molecule has 1 N–H and O–H groups in total. The van der Waals surface area contributed by atoms with Crippen LogP contribution < -0.4 is 5.32 Å². The van der Waals surface area contributed by atoms with Crippen LogP contribution in [0.1, 0.15) is 5.56 Å². The smallest absolute Gasteiger partial charge is 0.312 e. The highest BCUT2D eigenvalue weighted by Gasteiger charge is 2.11. The Morgan fingerprint density at radius 1 is 1.25 bits per heavy atom. The number of aryl methyl sites for hydroxylation is 1. The fourth-order valence-electron chi connectivity index (χ4n) is 1.89. The molecule has 0 aliphatic rings. The van der Waals surface area contributed by atoms with Crippen LogP contribution in [0.4, 0.5) is 10.2 Å². The molecule has 0 unspecified atom stereocenters. The number of hydrogen-bond donors (Lipinski definition) is 1. The van der Waals surface area contributed by atoms with Gasteiger partial charge in [0.25, 0.3) is 0 Å². The molecule has 2 heterocycles. The molecule has 0 bridgehead atoms. The number of halogens is 2. The van der Waals surface area contributed by atoms with Crippen molar-refractivity contribution in [2.45, 2.75) is 6.54 Å². The highest BCUT2D eigenvalue weighted by Crippen LogP contribution is 2.19. The third-order valence-electron chi connectivity index (χ3n) is 2.91. The molecule has 0 saturated carbocycles. The van der Waals surface area contributed by atoms with Gasteiger partial charge in [0.2, 0.25) is 0 Å². The van der Waals surface area contributed by atoms with E-state index >= 15 is 0 Å². The molecule has 3 aromatic rings. The van der Waals surface area contributed by atoms with Gasteiger partial charge in [-0.05, 0) is 17.7 Å². The van der Waals surface area contributed by atoms with Gasteiger partial charge in [-0.3, -0.25) is 0 Å². The van der Waals surface area contributed by atoms with Crippen LogP contribution in [0, 0.1) is 6.08 Å². The first-order chi connectivity index (χ1) is 9.63. The Kier molecular flexibility index (Phi) is 3.23. The second-order valence-corrected chi connectivity index (χ2v) is 4.79. The molecule has 1 aromatic carbocycles. The fraction of sp³-hybridized carbons (Fsp3) is 0.154. The Hall–Kier alpha value is -2.21. The first-order valence-corrected chi connectivity index (χ1v) is 6.34. The van der Waals surface area contributed by atoms with Crippen LogP contribution in [0.15, 0.2) is 30.6 Å². The lowest BCUT2D eigenvalue weighted by Crippen LogP contribution is -2.05. The minimum absolute atomic E-state index is 0.378. The van der Waals surface area contributed by atoms with E-state index in [0.717, 1.165) is 5.56 Å². The van der Waals surface area contributed by atoms with E-state index < -0.39 is 6.08 Å². The molecule has 0 fully saturated rings. The number of rotatable bonds is 3. The summed E-state index contributed by atoms with van der Waals surface area (Å²) in [5.41, 5.74) is 2.01. The molecule has 0 spiro atoms. The molecule has 3 rings (SSSR count). The van der Waals surface area contributed by atoms with E-state index in [1.165, 1.54) is 0 Å². The van der Waals surface area contributed by atoms with E-state index in [2.05, 4.69) is 20.3 Å². The number of aromatic nitrogens is 4. The van der Waals surface area contributed by atoms with E-state index in [1.54, 1.807) is 30.1 Å². The van der Waals surface area contributed by atoms with Crippen molar-refractivity contribution in [1.82, 2.24) is 19.5 Å². The van der Waals surface area contributed by atoms with Crippen molar-refractivity contribution in [1.29, 1.82) is 0 Å². The molecule has 5 nitrogen and oxygen atoms in total. The van der Waals surface area contributed by atoms with Crippen molar-refractivity contribution >= 4 is 28.6 Å². The number of nitrogens with one attached hydrogen (secondary N) is 1. The van der Waals surface area contributed by atoms with Crippen LogP contribution in [-0.4, -0.2) is 19.5 Å². The van der Waals surface area contributed by atoms with E-state index in [4.69, 9.17) is 11.6 Å². The zero-order valence-corrected chi connectivity index (χ0v) is 11.4. The quantitative estimate of drug-likeness (QED) is 0.754. The van der Waals surface area contributed by atoms with Gasteiger partial charge in [-0.25, -0.2) is 4.98 Å². The SMILES string of the molecule is Cn1cnc2c(NCc3ccc(Cl)cc3)nc(F)nc21. The average molecular weight is 292 g/mol. The number of imidazole rings is 1. The van der Waals surface area contributed by atoms with E-state index in [1.807, 2.05) is 12.1 Å². The summed E-state index contributed by atoms with van der Waals surface area (Å²) in [7, 11) is 1.75. The van der Waals surface area contributed by atoms with Crippen LogP contribution in [0.5, 0.6) is 0 Å². The van der Waals surface area contributed by atoms with Gasteiger partial charge in [-0.2, -0.15) is 14.4 Å². The summed E-state index contributed by atoms with van der Waals surface area (Å²) in [5, 5.41) is 3.74. The molecule has 0 radical (unpaired) electrons. The highest BCUT2D eigenvalue weighted by atomic mass is 35.5. The van der Waals surface area contributed by atoms with Gasteiger partial charge in [-0.1, -0.05) is 23.7 Å². The third-order valence-corrected chi connectivity index (χ3v) is 3.16. The normalized spacial score (nSPS) is 10.9. The standard InChI is InChI=1S/C13H11ClFN5/c1-20-7-17-10-11(18-13(15)19-12(10)20)16-6-8-2-4-9(14)5-3-8/h2-5,7H,6H2,1H3,(H,16,18,19). The third kappa shape index (κ3) is 2.42. The Morgan fingerprint density at radius 3 is 2.75 bits per heavy atom. The molecule has 0 aliphatic heterocycles. The van der Waals surface area contributed by atoms with Gasteiger partial charge in [0.15, 0.2) is 17.0 Å². The summed E-state index contributed by atoms with van der Waals surface area (Å²) in [6.45, 7) is 0.499. The zero-order chi connectivity index (χ0) is 14.1. The van der Waals surface area contributed by atoms with Crippen LogP contribution in [0.2, 0.25) is 5.02 Å². The lowest BCUT2D eigenvalue weighted by atomic mass is 10.2. The summed E-state index contributed by atoms with van der Waals surface area (Å²) < 4.78 is 15.1. The monoisotopic (exact) mass is 291 g/mol. The van der Waals surface area contributed by atoms with Crippen molar-refractivity contribution in [3.05, 3.63) is 47.3 Å². The predicted molar refractivity (Wildman–Crippen MR) is 75.0 cm³/mol. The van der Waals surface area contributed by atoms with Gasteiger partial charge >= 0.3 is 6.08 Å². The van der Waals surface area contributed by atoms with Crippen LogP contribution in [0.25, 0.3) is 11.2 Å². The van der Waals surface area contributed by atoms with E-state index in [0.29, 0.717) is 28.5 Å². The van der Waals surface area contributed by atoms with Crippen LogP contribution >= 0.6 is 11.6 Å². The molecule has 7 heteroatoms. The number of nitrogens with zero attached hydrogens (tertiary/aromatic N) is 4. The Bertz CT molecular complexity index is 753. The fourth-order valence-corrected chi connectivity index (χ4v) is 2.02. The molecular weight excluding hydrogens is 281 g/mol. The average Bonchev–Trinajstić information content (AvgIpc) is 2.80.